The van der Waals surface area contributed by atoms with Crippen LogP contribution >= 0.6 is 11.3 Å². The van der Waals surface area contributed by atoms with E-state index in [9.17, 15) is 14.4 Å². The fraction of sp³-hybridized carbons (Fsp3) is 0.150. The zero-order valence-electron chi connectivity index (χ0n) is 14.8. The Kier molecular flexibility index (Phi) is 4.94. The molecule has 1 aliphatic heterocycles. The van der Waals surface area contributed by atoms with E-state index in [0.29, 0.717) is 10.7 Å². The molecule has 140 valence electrons. The second-order valence-corrected chi connectivity index (χ2v) is 7.16. The summed E-state index contributed by atoms with van der Waals surface area (Å²) in [5, 5.41) is 5.15. The molecule has 1 aromatic carbocycles. The molecule has 3 heterocycles. The van der Waals surface area contributed by atoms with Gasteiger partial charge in [0.1, 0.15) is 0 Å². The number of aromatic nitrogens is 2. The number of imide groups is 1. The number of carbonyl (C=O) groups is 3. The summed E-state index contributed by atoms with van der Waals surface area (Å²) < 4.78 is 0. The van der Waals surface area contributed by atoms with Crippen LogP contribution in [-0.4, -0.2) is 32.6 Å². The van der Waals surface area contributed by atoms with E-state index in [0.717, 1.165) is 16.8 Å². The number of rotatable bonds is 5. The van der Waals surface area contributed by atoms with E-state index in [1.165, 1.54) is 16.2 Å². The maximum atomic E-state index is 12.4. The first kappa shape index (κ1) is 18.0. The van der Waals surface area contributed by atoms with Gasteiger partial charge in [0.15, 0.2) is 5.13 Å². The van der Waals surface area contributed by atoms with Crippen LogP contribution < -0.4 is 5.32 Å². The van der Waals surface area contributed by atoms with Crippen LogP contribution in [0.15, 0.2) is 54.2 Å². The topological polar surface area (TPSA) is 92.3 Å². The van der Waals surface area contributed by atoms with Crippen molar-refractivity contribution in [3.63, 3.8) is 0 Å². The van der Waals surface area contributed by atoms with Crippen LogP contribution in [0.4, 0.5) is 5.13 Å². The highest BCUT2D eigenvalue weighted by Crippen LogP contribution is 2.24. The Morgan fingerprint density at radius 3 is 2.54 bits per heavy atom. The van der Waals surface area contributed by atoms with Gasteiger partial charge in [0.05, 0.1) is 12.2 Å². The van der Waals surface area contributed by atoms with E-state index in [-0.39, 0.29) is 37.1 Å². The molecular weight excluding hydrogens is 376 g/mol. The second kappa shape index (κ2) is 7.69. The molecule has 3 amide bonds. The first-order valence-electron chi connectivity index (χ1n) is 8.69. The molecule has 7 nitrogen and oxygen atoms in total. The first-order valence-corrected chi connectivity index (χ1v) is 9.57. The molecule has 0 radical (unpaired) electrons. The first-order chi connectivity index (χ1) is 13.6. The zero-order chi connectivity index (χ0) is 19.5. The van der Waals surface area contributed by atoms with Crippen molar-refractivity contribution in [3.8, 4) is 11.3 Å². The molecule has 4 rings (SSSR count). The molecular formula is C20H16N4O3S. The molecule has 28 heavy (non-hydrogen) atoms. The molecule has 0 saturated carbocycles. The van der Waals surface area contributed by atoms with Gasteiger partial charge in [-0.2, -0.15) is 0 Å². The fourth-order valence-corrected chi connectivity index (χ4v) is 3.61. The van der Waals surface area contributed by atoms with Gasteiger partial charge in [0.25, 0.3) is 5.91 Å². The third-order valence-electron chi connectivity index (χ3n) is 4.39. The molecule has 0 bridgehead atoms. The number of likely N-dealkylation sites (tertiary alicyclic amines) is 1. The summed E-state index contributed by atoms with van der Waals surface area (Å²) in [5.74, 6) is -0.577. The predicted octanol–water partition coefficient (Wildman–Crippen LogP) is 3.11. The van der Waals surface area contributed by atoms with Crippen LogP contribution in [0.3, 0.4) is 0 Å². The molecule has 1 fully saturated rings. The third-order valence-corrected chi connectivity index (χ3v) is 5.15. The Morgan fingerprint density at radius 1 is 1.11 bits per heavy atom. The number of benzene rings is 1. The molecule has 0 aliphatic carbocycles. The Labute approximate surface area is 165 Å². The largest absolute Gasteiger partial charge is 0.298 e. The predicted molar refractivity (Wildman–Crippen MR) is 105 cm³/mol. The lowest BCUT2D eigenvalue weighted by atomic mass is 10.1. The highest BCUT2D eigenvalue weighted by Gasteiger charge is 2.28. The fourth-order valence-electron chi connectivity index (χ4n) is 2.89. The number of carbonyl (C=O) groups excluding carboxylic acids is 3. The van der Waals surface area contributed by atoms with E-state index < -0.39 is 0 Å². The van der Waals surface area contributed by atoms with Crippen molar-refractivity contribution in [1.82, 2.24) is 14.9 Å². The summed E-state index contributed by atoms with van der Waals surface area (Å²) >= 11 is 1.34. The average molecular weight is 392 g/mol. The third kappa shape index (κ3) is 3.81. The Morgan fingerprint density at radius 2 is 1.86 bits per heavy atom. The second-order valence-electron chi connectivity index (χ2n) is 6.30. The average Bonchev–Trinajstić information content (AvgIpc) is 3.31. The lowest BCUT2D eigenvalue weighted by molar-refractivity contribution is -0.139. The smallest absolute Gasteiger partial charge is 0.257 e. The number of hydrogen-bond donors (Lipinski definition) is 1. The van der Waals surface area contributed by atoms with Gasteiger partial charge in [0.2, 0.25) is 11.8 Å². The van der Waals surface area contributed by atoms with Crippen molar-refractivity contribution in [1.29, 1.82) is 0 Å². The number of amides is 3. The Balaban J connectivity index is 1.41. The van der Waals surface area contributed by atoms with Crippen molar-refractivity contribution < 1.29 is 14.4 Å². The lowest BCUT2D eigenvalue weighted by Crippen LogP contribution is -2.28. The highest BCUT2D eigenvalue weighted by molar-refractivity contribution is 7.14. The number of hydrogen-bond acceptors (Lipinski definition) is 6. The van der Waals surface area contributed by atoms with Crippen molar-refractivity contribution in [2.45, 2.75) is 19.4 Å². The molecule has 0 spiro atoms. The Hall–Kier alpha value is -3.39. The van der Waals surface area contributed by atoms with Gasteiger partial charge in [-0.05, 0) is 29.8 Å². The van der Waals surface area contributed by atoms with Crippen molar-refractivity contribution in [2.24, 2.45) is 0 Å². The highest BCUT2D eigenvalue weighted by atomic mass is 32.1. The quantitative estimate of drug-likeness (QED) is 0.674. The minimum atomic E-state index is -0.271. The van der Waals surface area contributed by atoms with Gasteiger partial charge in [-0.15, -0.1) is 11.3 Å². The van der Waals surface area contributed by atoms with Crippen LogP contribution in [0, 0.1) is 0 Å². The van der Waals surface area contributed by atoms with E-state index in [2.05, 4.69) is 15.3 Å². The van der Waals surface area contributed by atoms with Crippen molar-refractivity contribution >= 4 is 34.2 Å². The molecule has 2 aromatic heterocycles. The van der Waals surface area contributed by atoms with Crippen LogP contribution in [0.2, 0.25) is 0 Å². The molecule has 1 N–H and O–H groups in total. The molecule has 0 atom stereocenters. The van der Waals surface area contributed by atoms with E-state index >= 15 is 0 Å². The minimum absolute atomic E-state index is 0.153. The number of nitrogens with one attached hydrogen (secondary N) is 1. The number of anilines is 1. The number of thiazole rings is 1. The summed E-state index contributed by atoms with van der Waals surface area (Å²) in [4.78, 5) is 45.6. The molecule has 1 saturated heterocycles. The Bertz CT molecular complexity index is 1020. The normalized spacial score (nSPS) is 13.8. The summed E-state index contributed by atoms with van der Waals surface area (Å²) in [6.07, 6.45) is 3.95. The van der Waals surface area contributed by atoms with Crippen molar-refractivity contribution in [2.75, 3.05) is 5.32 Å². The molecule has 8 heteroatoms. The molecule has 1 aliphatic rings. The van der Waals surface area contributed by atoms with E-state index in [1.807, 2.05) is 17.5 Å². The zero-order valence-corrected chi connectivity index (χ0v) is 15.6. The lowest BCUT2D eigenvalue weighted by Gasteiger charge is -2.13. The van der Waals surface area contributed by atoms with Gasteiger partial charge in [-0.1, -0.05) is 12.1 Å². The van der Waals surface area contributed by atoms with Gasteiger partial charge in [0, 0.05) is 41.7 Å². The summed E-state index contributed by atoms with van der Waals surface area (Å²) in [6, 6.07) is 10.6. The van der Waals surface area contributed by atoms with Gasteiger partial charge in [-0.25, -0.2) is 4.98 Å². The minimum Gasteiger partial charge on any atom is -0.298 e. The van der Waals surface area contributed by atoms with Crippen LogP contribution in [-0.2, 0) is 16.1 Å². The van der Waals surface area contributed by atoms with Gasteiger partial charge >= 0.3 is 0 Å². The molecule has 3 aromatic rings. The molecule has 0 unspecified atom stereocenters. The maximum absolute atomic E-state index is 12.4. The summed E-state index contributed by atoms with van der Waals surface area (Å²) in [7, 11) is 0. The van der Waals surface area contributed by atoms with Crippen LogP contribution in [0.25, 0.3) is 11.3 Å². The summed E-state index contributed by atoms with van der Waals surface area (Å²) in [5.41, 5.74) is 2.91. The SMILES string of the molecule is O=C(Nc1nc(-c2cccnc2)cs1)c1ccc(CN2C(=O)CCC2=O)cc1. The maximum Gasteiger partial charge on any atom is 0.257 e. The number of pyridine rings is 1. The van der Waals surface area contributed by atoms with Crippen molar-refractivity contribution in [3.05, 3.63) is 65.3 Å². The monoisotopic (exact) mass is 392 g/mol. The van der Waals surface area contributed by atoms with Crippen LogP contribution in [0.1, 0.15) is 28.8 Å². The van der Waals surface area contributed by atoms with E-state index in [1.54, 1.807) is 36.7 Å². The van der Waals surface area contributed by atoms with Crippen LogP contribution in [0.5, 0.6) is 0 Å². The van der Waals surface area contributed by atoms with E-state index in [4.69, 9.17) is 0 Å². The van der Waals surface area contributed by atoms with Gasteiger partial charge < -0.3 is 0 Å². The van der Waals surface area contributed by atoms with Gasteiger partial charge in [-0.3, -0.25) is 29.6 Å². The standard InChI is InChI=1S/C20H16N4O3S/c25-17-7-8-18(26)24(17)11-13-3-5-14(6-4-13)19(27)23-20-22-16(12-28-20)15-2-1-9-21-10-15/h1-6,9-10,12H,7-8,11H2,(H,22,23,27). The summed E-state index contributed by atoms with van der Waals surface area (Å²) in [6.45, 7) is 0.237. The number of nitrogens with zero attached hydrogens (tertiary/aromatic N) is 3.